The molecule has 0 radical (unpaired) electrons. The van der Waals surface area contributed by atoms with E-state index in [9.17, 15) is 0 Å². The van der Waals surface area contributed by atoms with Gasteiger partial charge in [-0.05, 0) is 25.0 Å². The summed E-state index contributed by atoms with van der Waals surface area (Å²) in [5.41, 5.74) is 0. The molecule has 0 saturated carbocycles. The van der Waals surface area contributed by atoms with Crippen molar-refractivity contribution >= 4 is 17.6 Å². The third kappa shape index (κ3) is 4.46. The van der Waals surface area contributed by atoms with Gasteiger partial charge in [0.2, 0.25) is 0 Å². The van der Waals surface area contributed by atoms with Gasteiger partial charge in [0.05, 0.1) is 11.6 Å². The van der Waals surface area contributed by atoms with Crippen LogP contribution in [0.1, 0.15) is 12.8 Å². The normalized spacial score (nSPS) is 15.4. The molecule has 4 nitrogen and oxygen atoms in total. The van der Waals surface area contributed by atoms with Crippen molar-refractivity contribution in [3.63, 3.8) is 0 Å². The molecular weight excluding hydrogens is 274 g/mol. The fourth-order valence-electron chi connectivity index (χ4n) is 2.02. The Balaban J connectivity index is 1.68. The summed E-state index contributed by atoms with van der Waals surface area (Å²) in [4.78, 5) is 4.20. The first-order valence-corrected chi connectivity index (χ1v) is 7.17. The van der Waals surface area contributed by atoms with Gasteiger partial charge in [-0.15, -0.1) is 0 Å². The van der Waals surface area contributed by atoms with Gasteiger partial charge >= 0.3 is 0 Å². The highest BCUT2D eigenvalue weighted by atomic mass is 35.5. The number of ether oxygens (including phenoxy) is 1. The topological polar surface area (TPSA) is 45.7 Å². The van der Waals surface area contributed by atoms with Gasteiger partial charge in [-0.1, -0.05) is 35.9 Å². The highest BCUT2D eigenvalue weighted by molar-refractivity contribution is 6.32. The molecule has 0 fully saturated rings. The molecule has 1 aromatic carbocycles. The van der Waals surface area contributed by atoms with E-state index in [4.69, 9.17) is 16.3 Å². The van der Waals surface area contributed by atoms with Crippen LogP contribution in [0.4, 0.5) is 0 Å². The highest BCUT2D eigenvalue weighted by Crippen LogP contribution is 2.22. The molecule has 5 heteroatoms. The van der Waals surface area contributed by atoms with E-state index >= 15 is 0 Å². The van der Waals surface area contributed by atoms with Crippen molar-refractivity contribution in [3.8, 4) is 5.75 Å². The Kier molecular flexibility index (Phi) is 5.74. The van der Waals surface area contributed by atoms with E-state index in [0.717, 1.165) is 18.8 Å². The maximum atomic E-state index is 6.02. The van der Waals surface area contributed by atoms with Crippen molar-refractivity contribution < 1.29 is 4.74 Å². The first kappa shape index (κ1) is 14.7. The van der Waals surface area contributed by atoms with Crippen LogP contribution in [0.3, 0.4) is 0 Å². The molecule has 0 atom stereocenters. The van der Waals surface area contributed by atoms with Crippen molar-refractivity contribution in [1.82, 2.24) is 10.6 Å². The van der Waals surface area contributed by atoms with Crippen molar-refractivity contribution in [1.29, 1.82) is 0 Å². The Morgan fingerprint density at radius 3 is 2.80 bits per heavy atom. The lowest BCUT2D eigenvalue weighted by atomic mass is 10.2. The first-order chi connectivity index (χ1) is 9.79. The zero-order valence-electron chi connectivity index (χ0n) is 11.6. The van der Waals surface area contributed by atoms with Gasteiger partial charge in [0.15, 0.2) is 5.96 Å². The molecule has 2 N–H and O–H groups in total. The Morgan fingerprint density at radius 1 is 1.35 bits per heavy atom. The monoisotopic (exact) mass is 293 g/mol. The predicted molar refractivity (Wildman–Crippen MR) is 83.6 cm³/mol. The summed E-state index contributed by atoms with van der Waals surface area (Å²) in [6.07, 6.45) is 6.48. The largest absolute Gasteiger partial charge is 0.490 e. The Hall–Kier alpha value is -1.68. The van der Waals surface area contributed by atoms with E-state index < -0.39 is 0 Å². The number of aliphatic imine (C=N–C) groups is 1. The van der Waals surface area contributed by atoms with E-state index in [-0.39, 0.29) is 0 Å². The van der Waals surface area contributed by atoms with Crippen LogP contribution >= 0.6 is 11.6 Å². The second-order valence-corrected chi connectivity index (χ2v) is 4.97. The molecule has 1 aromatic rings. The quantitative estimate of drug-likeness (QED) is 0.380. The third-order valence-electron chi connectivity index (χ3n) is 3.06. The summed E-state index contributed by atoms with van der Waals surface area (Å²) in [5, 5.41) is 7.23. The molecule has 0 spiro atoms. The van der Waals surface area contributed by atoms with Gasteiger partial charge in [0, 0.05) is 13.1 Å². The molecular formula is C15H20ClN3O. The number of nitrogens with zero attached hydrogens (tertiary/aromatic N) is 1. The number of rotatable bonds is 5. The molecule has 0 aliphatic heterocycles. The van der Waals surface area contributed by atoms with Crippen LogP contribution in [0.2, 0.25) is 5.02 Å². The van der Waals surface area contributed by atoms with Crippen LogP contribution in [0.25, 0.3) is 0 Å². The van der Waals surface area contributed by atoms with Crippen molar-refractivity contribution in [3.05, 3.63) is 41.4 Å². The van der Waals surface area contributed by atoms with Gasteiger partial charge in [0.25, 0.3) is 0 Å². The summed E-state index contributed by atoms with van der Waals surface area (Å²) >= 11 is 6.02. The van der Waals surface area contributed by atoms with E-state index in [0.29, 0.717) is 30.0 Å². The molecule has 108 valence electrons. The summed E-state index contributed by atoms with van der Waals surface area (Å²) < 4.78 is 5.61. The zero-order valence-corrected chi connectivity index (χ0v) is 12.4. The first-order valence-electron chi connectivity index (χ1n) is 6.79. The lowest BCUT2D eigenvalue weighted by Crippen LogP contribution is -2.43. The number of halogens is 1. The Labute approximate surface area is 124 Å². The fourth-order valence-corrected chi connectivity index (χ4v) is 2.21. The molecule has 20 heavy (non-hydrogen) atoms. The number of guanidine groups is 1. The van der Waals surface area contributed by atoms with E-state index in [2.05, 4.69) is 27.8 Å². The molecule has 0 bridgehead atoms. The van der Waals surface area contributed by atoms with Gasteiger partial charge in [-0.2, -0.15) is 0 Å². The molecule has 0 amide bonds. The molecule has 2 rings (SSSR count). The summed E-state index contributed by atoms with van der Waals surface area (Å²) in [5.74, 6) is 1.51. The Bertz CT molecular complexity index is 480. The number of para-hydroxylation sites is 1. The minimum atomic E-state index is 0.450. The van der Waals surface area contributed by atoms with Gasteiger partial charge in [0.1, 0.15) is 12.4 Å². The molecule has 1 aliphatic rings. The van der Waals surface area contributed by atoms with Crippen molar-refractivity contribution in [2.24, 2.45) is 4.99 Å². The standard InChI is InChI=1S/C15H20ClN3O/c1-17-15(19-12-6-2-3-7-12)18-10-11-20-14-9-5-4-8-13(14)16/h2-5,8-9,12H,6-7,10-11H2,1H3,(H2,17,18,19). The van der Waals surface area contributed by atoms with Gasteiger partial charge in [-0.25, -0.2) is 0 Å². The van der Waals surface area contributed by atoms with Crippen LogP contribution < -0.4 is 15.4 Å². The van der Waals surface area contributed by atoms with Crippen molar-refractivity contribution in [2.75, 3.05) is 20.2 Å². The van der Waals surface area contributed by atoms with E-state index in [1.807, 2.05) is 24.3 Å². The Morgan fingerprint density at radius 2 is 2.10 bits per heavy atom. The van der Waals surface area contributed by atoms with Crippen LogP contribution in [0, 0.1) is 0 Å². The number of hydrogen-bond donors (Lipinski definition) is 2. The maximum Gasteiger partial charge on any atom is 0.191 e. The molecule has 0 aromatic heterocycles. The summed E-state index contributed by atoms with van der Waals surface area (Å²) in [6.45, 7) is 1.21. The van der Waals surface area contributed by atoms with Crippen LogP contribution in [-0.4, -0.2) is 32.2 Å². The fraction of sp³-hybridized carbons (Fsp3) is 0.400. The van der Waals surface area contributed by atoms with Crippen LogP contribution in [0.5, 0.6) is 5.75 Å². The second kappa shape index (κ2) is 7.80. The minimum Gasteiger partial charge on any atom is -0.490 e. The minimum absolute atomic E-state index is 0.450. The number of hydrogen-bond acceptors (Lipinski definition) is 2. The summed E-state index contributed by atoms with van der Waals surface area (Å²) in [7, 11) is 1.77. The van der Waals surface area contributed by atoms with Crippen LogP contribution in [0.15, 0.2) is 41.4 Å². The van der Waals surface area contributed by atoms with Crippen LogP contribution in [-0.2, 0) is 0 Å². The molecule has 0 unspecified atom stereocenters. The van der Waals surface area contributed by atoms with E-state index in [1.165, 1.54) is 0 Å². The lowest BCUT2D eigenvalue weighted by molar-refractivity contribution is 0.322. The maximum absolute atomic E-state index is 6.02. The number of nitrogens with one attached hydrogen (secondary N) is 2. The molecule has 0 heterocycles. The van der Waals surface area contributed by atoms with Gasteiger partial charge < -0.3 is 15.4 Å². The predicted octanol–water partition coefficient (Wildman–Crippen LogP) is 2.60. The highest BCUT2D eigenvalue weighted by Gasteiger charge is 2.11. The zero-order chi connectivity index (χ0) is 14.2. The lowest BCUT2D eigenvalue weighted by Gasteiger charge is -2.17. The number of benzene rings is 1. The average Bonchev–Trinajstić information content (AvgIpc) is 2.97. The van der Waals surface area contributed by atoms with E-state index in [1.54, 1.807) is 7.05 Å². The SMILES string of the molecule is CN=C(NCCOc1ccccc1Cl)NC1CC=CC1. The molecule has 1 aliphatic carbocycles. The third-order valence-corrected chi connectivity index (χ3v) is 3.37. The van der Waals surface area contributed by atoms with Crippen molar-refractivity contribution in [2.45, 2.75) is 18.9 Å². The molecule has 0 saturated heterocycles. The smallest absolute Gasteiger partial charge is 0.191 e. The van der Waals surface area contributed by atoms with Gasteiger partial charge in [-0.3, -0.25) is 4.99 Å². The average molecular weight is 294 g/mol. The second-order valence-electron chi connectivity index (χ2n) is 4.56. The summed E-state index contributed by atoms with van der Waals surface area (Å²) in [6, 6.07) is 7.92.